The van der Waals surface area contributed by atoms with Crippen LogP contribution in [-0.4, -0.2) is 31.7 Å². The zero-order valence-corrected chi connectivity index (χ0v) is 11.2. The molecule has 1 aliphatic rings. The molecule has 0 atom stereocenters. The van der Waals surface area contributed by atoms with Crippen LogP contribution in [0.25, 0.3) is 0 Å². The molecular formula is C13H16ClFN2O2. The minimum atomic E-state index is -0.401. The molecule has 2 N–H and O–H groups in total. The van der Waals surface area contributed by atoms with Crippen molar-refractivity contribution in [3.05, 3.63) is 29.0 Å². The van der Waals surface area contributed by atoms with Crippen LogP contribution in [0.1, 0.15) is 12.8 Å². The number of nitrogens with one attached hydrogen (secondary N) is 2. The number of anilines is 1. The van der Waals surface area contributed by atoms with Crippen molar-refractivity contribution in [2.24, 2.45) is 0 Å². The number of amides is 1. The Morgan fingerprint density at radius 2 is 2.16 bits per heavy atom. The highest BCUT2D eigenvalue weighted by molar-refractivity contribution is 6.33. The summed E-state index contributed by atoms with van der Waals surface area (Å²) in [5.41, 5.74) is 0.546. The summed E-state index contributed by atoms with van der Waals surface area (Å²) in [5.74, 6) is -0.505. The topological polar surface area (TPSA) is 50.4 Å². The third kappa shape index (κ3) is 4.36. The lowest BCUT2D eigenvalue weighted by Crippen LogP contribution is -2.41. The van der Waals surface area contributed by atoms with Crippen molar-refractivity contribution in [3.8, 4) is 0 Å². The van der Waals surface area contributed by atoms with Crippen molar-refractivity contribution in [3.63, 3.8) is 0 Å². The minimum absolute atomic E-state index is 0.104. The van der Waals surface area contributed by atoms with Crippen LogP contribution < -0.4 is 10.6 Å². The maximum absolute atomic E-state index is 12.9. The van der Waals surface area contributed by atoms with Gasteiger partial charge in [-0.15, -0.1) is 0 Å². The number of hydrogen-bond donors (Lipinski definition) is 2. The van der Waals surface area contributed by atoms with Crippen LogP contribution in [-0.2, 0) is 9.53 Å². The molecule has 104 valence electrons. The fourth-order valence-electron chi connectivity index (χ4n) is 1.93. The number of carbonyl (C=O) groups is 1. The van der Waals surface area contributed by atoms with Crippen molar-refractivity contribution in [1.82, 2.24) is 5.32 Å². The number of halogens is 2. The van der Waals surface area contributed by atoms with Crippen LogP contribution in [0.3, 0.4) is 0 Å². The molecule has 0 spiro atoms. The van der Waals surface area contributed by atoms with E-state index in [2.05, 4.69) is 10.6 Å². The Morgan fingerprint density at radius 1 is 1.42 bits per heavy atom. The lowest BCUT2D eigenvalue weighted by atomic mass is 10.1. The summed E-state index contributed by atoms with van der Waals surface area (Å²) in [6.45, 7) is 1.48. The average Bonchev–Trinajstić information content (AvgIpc) is 2.39. The third-order valence-corrected chi connectivity index (χ3v) is 3.27. The normalized spacial score (nSPS) is 16.1. The Morgan fingerprint density at radius 3 is 2.84 bits per heavy atom. The highest BCUT2D eigenvalue weighted by Gasteiger charge is 2.15. The molecule has 19 heavy (non-hydrogen) atoms. The number of ether oxygens (including phenoxy) is 1. The molecule has 2 rings (SSSR count). The van der Waals surface area contributed by atoms with Crippen LogP contribution in [0.5, 0.6) is 0 Å². The number of carbonyl (C=O) groups excluding carboxylic acids is 1. The molecule has 1 heterocycles. The van der Waals surface area contributed by atoms with Gasteiger partial charge >= 0.3 is 0 Å². The van der Waals surface area contributed by atoms with Crippen molar-refractivity contribution in [2.75, 3.05) is 25.1 Å². The first kappa shape index (κ1) is 14.1. The van der Waals surface area contributed by atoms with Gasteiger partial charge in [0.2, 0.25) is 5.91 Å². The van der Waals surface area contributed by atoms with Crippen molar-refractivity contribution in [2.45, 2.75) is 18.9 Å². The molecule has 1 aromatic carbocycles. The van der Waals surface area contributed by atoms with E-state index in [4.69, 9.17) is 16.3 Å². The fraction of sp³-hybridized carbons (Fsp3) is 0.462. The van der Waals surface area contributed by atoms with E-state index in [1.807, 2.05) is 0 Å². The molecule has 0 saturated carbocycles. The van der Waals surface area contributed by atoms with E-state index in [1.165, 1.54) is 18.2 Å². The zero-order valence-electron chi connectivity index (χ0n) is 10.4. The highest BCUT2D eigenvalue weighted by atomic mass is 35.5. The van der Waals surface area contributed by atoms with Crippen molar-refractivity contribution >= 4 is 23.2 Å². The van der Waals surface area contributed by atoms with E-state index in [-0.39, 0.29) is 23.5 Å². The summed E-state index contributed by atoms with van der Waals surface area (Å²) in [6.07, 6.45) is 1.67. The second-order valence-electron chi connectivity index (χ2n) is 4.43. The number of benzene rings is 1. The molecule has 0 aliphatic carbocycles. The van der Waals surface area contributed by atoms with Crippen LogP contribution in [0, 0.1) is 5.82 Å². The molecule has 0 bridgehead atoms. The van der Waals surface area contributed by atoms with Gasteiger partial charge in [0.05, 0.1) is 17.3 Å². The summed E-state index contributed by atoms with van der Waals surface area (Å²) in [5, 5.41) is 6.07. The quantitative estimate of drug-likeness (QED) is 0.892. The lowest BCUT2D eigenvalue weighted by Gasteiger charge is -2.23. The molecule has 0 radical (unpaired) electrons. The third-order valence-electron chi connectivity index (χ3n) is 2.96. The summed E-state index contributed by atoms with van der Waals surface area (Å²) in [4.78, 5) is 11.7. The van der Waals surface area contributed by atoms with Gasteiger partial charge in [-0.1, -0.05) is 11.6 Å². The SMILES string of the molecule is O=C(CNc1ccc(F)cc1Cl)NC1CCOCC1. The molecule has 0 unspecified atom stereocenters. The first-order valence-electron chi connectivity index (χ1n) is 6.21. The molecule has 4 nitrogen and oxygen atoms in total. The van der Waals surface area contributed by atoms with Gasteiger partial charge in [0, 0.05) is 19.3 Å². The maximum atomic E-state index is 12.9. The Labute approximate surface area is 116 Å². The maximum Gasteiger partial charge on any atom is 0.239 e. The highest BCUT2D eigenvalue weighted by Crippen LogP contribution is 2.21. The number of rotatable bonds is 4. The van der Waals surface area contributed by atoms with Gasteiger partial charge in [0.25, 0.3) is 0 Å². The Kier molecular flexibility index (Phi) is 4.99. The second-order valence-corrected chi connectivity index (χ2v) is 4.84. The fourth-order valence-corrected chi connectivity index (χ4v) is 2.16. The smallest absolute Gasteiger partial charge is 0.239 e. The zero-order chi connectivity index (χ0) is 13.7. The first-order chi connectivity index (χ1) is 9.15. The summed E-state index contributed by atoms with van der Waals surface area (Å²) in [7, 11) is 0. The predicted molar refractivity (Wildman–Crippen MR) is 71.9 cm³/mol. The van der Waals surface area contributed by atoms with Gasteiger partial charge in [-0.3, -0.25) is 4.79 Å². The van der Waals surface area contributed by atoms with Crippen molar-refractivity contribution in [1.29, 1.82) is 0 Å². The molecule has 1 fully saturated rings. The van der Waals surface area contributed by atoms with E-state index >= 15 is 0 Å². The van der Waals surface area contributed by atoms with Gasteiger partial charge in [0.15, 0.2) is 0 Å². The van der Waals surface area contributed by atoms with E-state index in [1.54, 1.807) is 0 Å². The van der Waals surface area contributed by atoms with Gasteiger partial charge in [-0.05, 0) is 31.0 Å². The summed E-state index contributed by atoms with van der Waals surface area (Å²) < 4.78 is 18.1. The van der Waals surface area contributed by atoms with Gasteiger partial charge in [-0.2, -0.15) is 0 Å². The van der Waals surface area contributed by atoms with Crippen LogP contribution in [0.2, 0.25) is 5.02 Å². The average molecular weight is 287 g/mol. The van der Waals surface area contributed by atoms with E-state index < -0.39 is 5.82 Å². The molecule has 6 heteroatoms. The van der Waals surface area contributed by atoms with Crippen molar-refractivity contribution < 1.29 is 13.9 Å². The molecule has 1 aromatic rings. The molecule has 1 aliphatic heterocycles. The Bertz CT molecular complexity index is 450. The number of hydrogen-bond acceptors (Lipinski definition) is 3. The van der Waals surface area contributed by atoms with Crippen LogP contribution >= 0.6 is 11.6 Å². The van der Waals surface area contributed by atoms with E-state index in [9.17, 15) is 9.18 Å². The van der Waals surface area contributed by atoms with E-state index in [0.29, 0.717) is 18.9 Å². The largest absolute Gasteiger partial charge is 0.381 e. The molecular weight excluding hydrogens is 271 g/mol. The van der Waals surface area contributed by atoms with Gasteiger partial charge < -0.3 is 15.4 Å². The minimum Gasteiger partial charge on any atom is -0.381 e. The first-order valence-corrected chi connectivity index (χ1v) is 6.59. The summed E-state index contributed by atoms with van der Waals surface area (Å²) >= 11 is 5.85. The summed E-state index contributed by atoms with van der Waals surface area (Å²) in [6, 6.07) is 4.19. The standard InChI is InChI=1S/C13H16ClFN2O2/c14-11-7-9(15)1-2-12(11)16-8-13(18)17-10-3-5-19-6-4-10/h1-2,7,10,16H,3-6,8H2,(H,17,18). The molecule has 1 saturated heterocycles. The van der Waals surface area contributed by atoms with Crippen LogP contribution in [0.4, 0.5) is 10.1 Å². The predicted octanol–water partition coefficient (Wildman–Crippen LogP) is 2.19. The second kappa shape index (κ2) is 6.73. The monoisotopic (exact) mass is 286 g/mol. The Balaban J connectivity index is 1.79. The van der Waals surface area contributed by atoms with E-state index in [0.717, 1.165) is 12.8 Å². The Hall–Kier alpha value is -1.33. The lowest BCUT2D eigenvalue weighted by molar-refractivity contribution is -0.120. The van der Waals surface area contributed by atoms with Gasteiger partial charge in [0.1, 0.15) is 5.82 Å². The molecule has 0 aromatic heterocycles. The van der Waals surface area contributed by atoms with Crippen LogP contribution in [0.15, 0.2) is 18.2 Å². The molecule has 1 amide bonds. The van der Waals surface area contributed by atoms with Gasteiger partial charge in [-0.25, -0.2) is 4.39 Å².